The maximum absolute atomic E-state index is 12.0. The van der Waals surface area contributed by atoms with Crippen LogP contribution in [-0.2, 0) is 42.7 Å². The Hall–Kier alpha value is -1.15. The van der Waals surface area contributed by atoms with Gasteiger partial charge in [0.25, 0.3) is 10.1 Å². The molecule has 0 aliphatic carbocycles. The molecule has 11 heteroatoms. The van der Waals surface area contributed by atoms with Crippen molar-refractivity contribution in [2.75, 3.05) is 92.4 Å². The van der Waals surface area contributed by atoms with E-state index in [2.05, 4.69) is 5.32 Å². The van der Waals surface area contributed by atoms with Gasteiger partial charge in [-0.05, 0) is 45.0 Å². The molecule has 0 amide bonds. The number of rotatable bonds is 21. The van der Waals surface area contributed by atoms with Gasteiger partial charge >= 0.3 is 0 Å². The lowest BCUT2D eigenvalue weighted by molar-refractivity contribution is -0.0299. The average Bonchev–Trinajstić information content (AvgIpc) is 2.86. The van der Waals surface area contributed by atoms with E-state index in [9.17, 15) is 8.42 Å². The van der Waals surface area contributed by atoms with Crippen LogP contribution in [0.5, 0.6) is 0 Å². The third-order valence-corrected chi connectivity index (χ3v) is 6.46. The average molecular weight is 520 g/mol. The van der Waals surface area contributed by atoms with Gasteiger partial charge in [0.05, 0.1) is 90.3 Å². The van der Waals surface area contributed by atoms with Gasteiger partial charge in [-0.3, -0.25) is 4.18 Å². The molecule has 202 valence electrons. The van der Waals surface area contributed by atoms with Crippen LogP contribution in [0.4, 0.5) is 0 Å². The van der Waals surface area contributed by atoms with Crippen LogP contribution in [0.15, 0.2) is 29.2 Å². The molecule has 2 rings (SSSR count). The van der Waals surface area contributed by atoms with Crippen LogP contribution >= 0.6 is 0 Å². The maximum atomic E-state index is 12.0. The molecule has 0 saturated carbocycles. The topological polar surface area (TPSA) is 111 Å². The molecule has 1 aromatic rings. The normalized spacial score (nSPS) is 15.0. The zero-order valence-electron chi connectivity index (χ0n) is 20.8. The van der Waals surface area contributed by atoms with E-state index in [0.717, 1.165) is 31.5 Å². The fraction of sp³-hybridized carbons (Fsp3) is 0.750. The van der Waals surface area contributed by atoms with E-state index in [4.69, 9.17) is 32.6 Å². The number of hydrogen-bond acceptors (Lipinski definition) is 10. The Labute approximate surface area is 209 Å². The van der Waals surface area contributed by atoms with Gasteiger partial charge in [0.1, 0.15) is 0 Å². The summed E-state index contributed by atoms with van der Waals surface area (Å²) in [5, 5.41) is 3.31. The van der Waals surface area contributed by atoms with Gasteiger partial charge in [0.2, 0.25) is 0 Å². The lowest BCUT2D eigenvalue weighted by atomic mass is 10.1. The van der Waals surface area contributed by atoms with Crippen molar-refractivity contribution in [3.63, 3.8) is 0 Å². The molecule has 0 radical (unpaired) electrons. The lowest BCUT2D eigenvalue weighted by Crippen LogP contribution is -2.33. The minimum absolute atomic E-state index is 0.0451. The second kappa shape index (κ2) is 19.0. The van der Waals surface area contributed by atoms with Crippen molar-refractivity contribution in [3.8, 4) is 0 Å². The second-order valence-corrected chi connectivity index (χ2v) is 9.59. The molecule has 1 heterocycles. The number of piperidine rings is 1. The molecule has 0 atom stereocenters. The smallest absolute Gasteiger partial charge is 0.297 e. The van der Waals surface area contributed by atoms with E-state index in [1.54, 1.807) is 12.1 Å². The number of ether oxygens (including phenoxy) is 6. The largest absolute Gasteiger partial charge is 0.377 e. The van der Waals surface area contributed by atoms with Crippen molar-refractivity contribution >= 4 is 10.1 Å². The van der Waals surface area contributed by atoms with Gasteiger partial charge in [0.15, 0.2) is 0 Å². The summed E-state index contributed by atoms with van der Waals surface area (Å²) in [6.07, 6.45) is 2.50. The fourth-order valence-electron chi connectivity index (χ4n) is 3.19. The van der Waals surface area contributed by atoms with Crippen LogP contribution < -0.4 is 5.32 Å². The zero-order valence-corrected chi connectivity index (χ0v) is 21.6. The van der Waals surface area contributed by atoms with Gasteiger partial charge in [-0.25, -0.2) is 0 Å². The number of nitrogens with one attached hydrogen (secondary N) is 1. The highest BCUT2D eigenvalue weighted by molar-refractivity contribution is 7.86. The van der Waals surface area contributed by atoms with Crippen LogP contribution in [0.3, 0.4) is 0 Å². The quantitative estimate of drug-likeness (QED) is 0.190. The van der Waals surface area contributed by atoms with E-state index < -0.39 is 10.1 Å². The van der Waals surface area contributed by atoms with E-state index in [0.29, 0.717) is 72.2 Å². The Bertz CT molecular complexity index is 740. The number of hydrogen-bond donors (Lipinski definition) is 1. The minimum Gasteiger partial charge on any atom is -0.377 e. The predicted molar refractivity (Wildman–Crippen MR) is 130 cm³/mol. The van der Waals surface area contributed by atoms with E-state index in [1.807, 2.05) is 6.92 Å². The highest BCUT2D eigenvalue weighted by atomic mass is 32.2. The summed E-state index contributed by atoms with van der Waals surface area (Å²) in [7, 11) is -3.75. The first-order valence-electron chi connectivity index (χ1n) is 12.2. The van der Waals surface area contributed by atoms with Crippen molar-refractivity contribution in [3.05, 3.63) is 29.8 Å². The SMILES string of the molecule is Cc1ccc(S(=O)(=O)OCCOCCOCCOCCOCCOCCOC2CCNCC2)cc1. The summed E-state index contributed by atoms with van der Waals surface area (Å²) < 4.78 is 61.9. The van der Waals surface area contributed by atoms with Crippen LogP contribution in [0.25, 0.3) is 0 Å². The van der Waals surface area contributed by atoms with E-state index >= 15 is 0 Å². The summed E-state index contributed by atoms with van der Waals surface area (Å²) in [6, 6.07) is 6.50. The van der Waals surface area contributed by atoms with Gasteiger partial charge in [0, 0.05) is 0 Å². The Morgan fingerprint density at radius 2 is 1.11 bits per heavy atom. The molecular weight excluding hydrogens is 478 g/mol. The van der Waals surface area contributed by atoms with E-state index in [1.165, 1.54) is 12.1 Å². The predicted octanol–water partition coefficient (Wildman–Crippen LogP) is 1.55. The van der Waals surface area contributed by atoms with Crippen molar-refractivity contribution in [2.45, 2.75) is 30.8 Å². The van der Waals surface area contributed by atoms with Gasteiger partial charge in [-0.1, -0.05) is 17.7 Å². The second-order valence-electron chi connectivity index (χ2n) is 7.97. The first-order valence-corrected chi connectivity index (χ1v) is 13.7. The monoisotopic (exact) mass is 519 g/mol. The Morgan fingerprint density at radius 3 is 1.60 bits per heavy atom. The maximum Gasteiger partial charge on any atom is 0.297 e. The summed E-state index contributed by atoms with van der Waals surface area (Å²) in [5.74, 6) is 0. The van der Waals surface area contributed by atoms with Crippen molar-refractivity contribution in [1.82, 2.24) is 5.32 Å². The Morgan fingerprint density at radius 1 is 0.686 bits per heavy atom. The molecule has 0 unspecified atom stereocenters. The molecule has 1 aliphatic rings. The molecule has 0 spiro atoms. The highest BCUT2D eigenvalue weighted by Gasteiger charge is 2.14. The van der Waals surface area contributed by atoms with Crippen molar-refractivity contribution in [1.29, 1.82) is 0 Å². The van der Waals surface area contributed by atoms with Crippen LogP contribution in [0, 0.1) is 6.92 Å². The first kappa shape index (κ1) is 30.1. The molecule has 1 fully saturated rings. The standard InChI is InChI=1S/C24H41NO9S/c1-22-2-4-24(5-3-22)35(26,27)34-21-19-32-17-15-30-13-11-28-10-12-29-14-16-31-18-20-33-23-6-8-25-9-7-23/h2-5,23,25H,6-21H2,1H3. The Kier molecular flexibility index (Phi) is 16.4. The molecule has 1 aromatic carbocycles. The molecular formula is C24H41NO9S. The van der Waals surface area contributed by atoms with Gasteiger partial charge in [-0.2, -0.15) is 8.42 Å². The fourth-order valence-corrected chi connectivity index (χ4v) is 4.09. The van der Waals surface area contributed by atoms with Crippen LogP contribution in [-0.4, -0.2) is 107 Å². The zero-order chi connectivity index (χ0) is 25.0. The van der Waals surface area contributed by atoms with Gasteiger partial charge < -0.3 is 33.7 Å². The Balaban J connectivity index is 1.26. The minimum atomic E-state index is -3.75. The first-order chi connectivity index (χ1) is 17.1. The lowest BCUT2D eigenvalue weighted by Gasteiger charge is -2.22. The molecule has 1 saturated heterocycles. The van der Waals surface area contributed by atoms with Crippen LogP contribution in [0.2, 0.25) is 0 Å². The molecule has 0 aromatic heterocycles. The van der Waals surface area contributed by atoms with Gasteiger partial charge in [-0.15, -0.1) is 0 Å². The third-order valence-electron chi connectivity index (χ3n) is 5.13. The molecule has 0 bridgehead atoms. The molecule has 10 nitrogen and oxygen atoms in total. The van der Waals surface area contributed by atoms with Crippen LogP contribution in [0.1, 0.15) is 18.4 Å². The highest BCUT2D eigenvalue weighted by Crippen LogP contribution is 2.13. The third kappa shape index (κ3) is 14.9. The van der Waals surface area contributed by atoms with E-state index in [-0.39, 0.29) is 18.1 Å². The molecule has 1 aliphatic heterocycles. The molecule has 35 heavy (non-hydrogen) atoms. The number of benzene rings is 1. The summed E-state index contributed by atoms with van der Waals surface area (Å²) >= 11 is 0. The summed E-state index contributed by atoms with van der Waals surface area (Å²) in [5.41, 5.74) is 0.983. The molecule has 1 N–H and O–H groups in total. The summed E-state index contributed by atoms with van der Waals surface area (Å²) in [6.45, 7) is 9.00. The van der Waals surface area contributed by atoms with Crippen molar-refractivity contribution < 1.29 is 41.0 Å². The van der Waals surface area contributed by atoms with Crippen molar-refractivity contribution in [2.24, 2.45) is 0 Å². The summed E-state index contributed by atoms with van der Waals surface area (Å²) in [4.78, 5) is 0.138. The number of aryl methyl sites for hydroxylation is 1.